The van der Waals surface area contributed by atoms with Gasteiger partial charge in [0.2, 0.25) is 5.91 Å². The quantitative estimate of drug-likeness (QED) is 0.386. The van der Waals surface area contributed by atoms with Crippen LogP contribution in [0.15, 0.2) is 54.6 Å². The lowest BCUT2D eigenvalue weighted by molar-refractivity contribution is -0.133. The molecule has 1 aliphatic heterocycles. The van der Waals surface area contributed by atoms with E-state index >= 15 is 0 Å². The van der Waals surface area contributed by atoms with Crippen LogP contribution in [0.1, 0.15) is 42.6 Å². The number of urea groups is 1. The van der Waals surface area contributed by atoms with Gasteiger partial charge in [-0.25, -0.2) is 9.59 Å². The summed E-state index contributed by atoms with van der Waals surface area (Å²) in [6, 6.07) is 14.5. The highest BCUT2D eigenvalue weighted by atomic mass is 16.5. The Hall–Kier alpha value is -3.68. The molecular weight excluding hydrogens is 398 g/mol. The predicted octanol–water partition coefficient (Wildman–Crippen LogP) is 3.05. The molecule has 0 aromatic heterocycles. The van der Waals surface area contributed by atoms with Gasteiger partial charge in [0, 0.05) is 5.69 Å². The molecule has 1 atom stereocenters. The largest absolute Gasteiger partial charge is 0.462 e. The molecule has 1 saturated heterocycles. The normalized spacial score (nSPS) is 17.9. The molecule has 162 valence electrons. The highest BCUT2D eigenvalue weighted by Gasteiger charge is 2.49. The van der Waals surface area contributed by atoms with Crippen molar-refractivity contribution in [2.24, 2.45) is 0 Å². The number of unbranched alkanes of at least 4 members (excludes halogenated alkanes) is 1. The second kappa shape index (κ2) is 9.42. The first-order chi connectivity index (χ1) is 14.8. The first-order valence-electron chi connectivity index (χ1n) is 10.1. The van der Waals surface area contributed by atoms with Crippen molar-refractivity contribution in [2.75, 3.05) is 18.5 Å². The van der Waals surface area contributed by atoms with Crippen molar-refractivity contribution in [2.45, 2.75) is 32.2 Å². The molecule has 31 heavy (non-hydrogen) atoms. The van der Waals surface area contributed by atoms with Gasteiger partial charge in [0.25, 0.3) is 5.91 Å². The second-order valence-electron chi connectivity index (χ2n) is 7.43. The van der Waals surface area contributed by atoms with Crippen LogP contribution in [-0.4, -0.2) is 41.9 Å². The van der Waals surface area contributed by atoms with E-state index in [9.17, 15) is 19.2 Å². The third kappa shape index (κ3) is 4.91. The minimum absolute atomic E-state index is 0.363. The molecule has 2 aromatic carbocycles. The molecule has 0 aliphatic carbocycles. The van der Waals surface area contributed by atoms with Crippen molar-refractivity contribution in [1.82, 2.24) is 10.2 Å². The van der Waals surface area contributed by atoms with E-state index in [1.807, 2.05) is 13.0 Å². The van der Waals surface area contributed by atoms with Gasteiger partial charge < -0.3 is 15.4 Å². The summed E-state index contributed by atoms with van der Waals surface area (Å²) in [6.07, 6.45) is 1.73. The Bertz CT molecular complexity index is 974. The standard InChI is InChI=1S/C23H25N3O5/c1-3-4-14-31-20(28)16-10-12-18(13-11-16)24-19(27)15-26-21(29)23(2,25-22(26)30)17-8-6-5-7-9-17/h5-13H,3-4,14-15H2,1-2H3,(H,24,27)(H,25,30). The zero-order valence-corrected chi connectivity index (χ0v) is 17.5. The molecule has 0 radical (unpaired) electrons. The number of carbonyl (C=O) groups excluding carboxylic acids is 4. The third-order valence-corrected chi connectivity index (χ3v) is 5.06. The Morgan fingerprint density at radius 3 is 2.39 bits per heavy atom. The van der Waals surface area contributed by atoms with Crippen LogP contribution >= 0.6 is 0 Å². The number of esters is 1. The van der Waals surface area contributed by atoms with Crippen molar-refractivity contribution >= 4 is 29.5 Å². The van der Waals surface area contributed by atoms with E-state index < -0.39 is 35.9 Å². The van der Waals surface area contributed by atoms with Crippen LogP contribution < -0.4 is 10.6 Å². The molecular formula is C23H25N3O5. The number of benzene rings is 2. The maximum absolute atomic E-state index is 12.9. The minimum atomic E-state index is -1.22. The van der Waals surface area contributed by atoms with E-state index in [1.165, 1.54) is 0 Å². The van der Waals surface area contributed by atoms with Gasteiger partial charge in [0.15, 0.2) is 0 Å². The molecule has 1 aliphatic rings. The molecule has 0 saturated carbocycles. The zero-order chi connectivity index (χ0) is 22.4. The van der Waals surface area contributed by atoms with E-state index in [0.717, 1.165) is 17.7 Å². The summed E-state index contributed by atoms with van der Waals surface area (Å²) >= 11 is 0. The Kier molecular flexibility index (Phi) is 6.69. The lowest BCUT2D eigenvalue weighted by atomic mass is 9.92. The Balaban J connectivity index is 1.60. The van der Waals surface area contributed by atoms with E-state index in [1.54, 1.807) is 55.5 Å². The molecule has 8 heteroatoms. The summed E-state index contributed by atoms with van der Waals surface area (Å²) in [5.41, 5.74) is 0.228. The lowest BCUT2D eigenvalue weighted by Gasteiger charge is -2.22. The number of amides is 4. The van der Waals surface area contributed by atoms with Crippen LogP contribution in [0.4, 0.5) is 10.5 Å². The summed E-state index contributed by atoms with van der Waals surface area (Å²) < 4.78 is 5.14. The van der Waals surface area contributed by atoms with Gasteiger partial charge >= 0.3 is 12.0 Å². The van der Waals surface area contributed by atoms with Gasteiger partial charge in [-0.05, 0) is 43.2 Å². The summed E-state index contributed by atoms with van der Waals surface area (Å²) in [5, 5.41) is 5.29. The van der Waals surface area contributed by atoms with E-state index in [4.69, 9.17) is 4.74 Å². The van der Waals surface area contributed by atoms with Crippen molar-refractivity contribution in [3.8, 4) is 0 Å². The molecule has 2 N–H and O–H groups in total. The summed E-state index contributed by atoms with van der Waals surface area (Å²) in [6.45, 7) is 3.56. The van der Waals surface area contributed by atoms with Gasteiger partial charge in [0.05, 0.1) is 12.2 Å². The summed E-state index contributed by atoms with van der Waals surface area (Å²) in [4.78, 5) is 50.5. The van der Waals surface area contributed by atoms with E-state index in [-0.39, 0.29) is 0 Å². The number of hydrogen-bond donors (Lipinski definition) is 2. The maximum atomic E-state index is 12.9. The number of anilines is 1. The van der Waals surface area contributed by atoms with Crippen molar-refractivity contribution in [3.63, 3.8) is 0 Å². The van der Waals surface area contributed by atoms with Gasteiger partial charge in [-0.3, -0.25) is 14.5 Å². The summed E-state index contributed by atoms with van der Waals surface area (Å²) in [5.74, 6) is -1.45. The second-order valence-corrected chi connectivity index (χ2v) is 7.43. The van der Waals surface area contributed by atoms with Gasteiger partial charge in [-0.2, -0.15) is 0 Å². The van der Waals surface area contributed by atoms with Gasteiger partial charge in [-0.1, -0.05) is 43.7 Å². The highest BCUT2D eigenvalue weighted by Crippen LogP contribution is 2.28. The molecule has 0 spiro atoms. The number of imide groups is 1. The first-order valence-corrected chi connectivity index (χ1v) is 10.1. The fraction of sp³-hybridized carbons (Fsp3) is 0.304. The van der Waals surface area contributed by atoms with Crippen LogP contribution in [0.3, 0.4) is 0 Å². The van der Waals surface area contributed by atoms with Gasteiger partial charge in [0.1, 0.15) is 12.1 Å². The molecule has 4 amide bonds. The number of nitrogens with zero attached hydrogens (tertiary/aromatic N) is 1. The average molecular weight is 423 g/mol. The molecule has 1 unspecified atom stereocenters. The zero-order valence-electron chi connectivity index (χ0n) is 17.5. The van der Waals surface area contributed by atoms with Crippen LogP contribution in [-0.2, 0) is 19.9 Å². The predicted molar refractivity (Wildman–Crippen MR) is 114 cm³/mol. The molecule has 3 rings (SSSR count). The molecule has 1 fully saturated rings. The Morgan fingerprint density at radius 1 is 1.06 bits per heavy atom. The maximum Gasteiger partial charge on any atom is 0.338 e. The smallest absolute Gasteiger partial charge is 0.338 e. The fourth-order valence-corrected chi connectivity index (χ4v) is 3.23. The molecule has 0 bridgehead atoms. The molecule has 2 aromatic rings. The number of hydrogen-bond acceptors (Lipinski definition) is 5. The number of nitrogens with one attached hydrogen (secondary N) is 2. The Labute approximate surface area is 180 Å². The lowest BCUT2D eigenvalue weighted by Crippen LogP contribution is -2.42. The van der Waals surface area contributed by atoms with E-state index in [2.05, 4.69) is 10.6 Å². The van der Waals surface area contributed by atoms with Crippen LogP contribution in [0.2, 0.25) is 0 Å². The van der Waals surface area contributed by atoms with Crippen molar-refractivity contribution < 1.29 is 23.9 Å². The average Bonchev–Trinajstić information content (AvgIpc) is 2.99. The van der Waals surface area contributed by atoms with Crippen LogP contribution in [0.5, 0.6) is 0 Å². The van der Waals surface area contributed by atoms with Crippen molar-refractivity contribution in [3.05, 3.63) is 65.7 Å². The third-order valence-electron chi connectivity index (χ3n) is 5.06. The number of carbonyl (C=O) groups is 4. The molecule has 8 nitrogen and oxygen atoms in total. The van der Waals surface area contributed by atoms with Crippen LogP contribution in [0.25, 0.3) is 0 Å². The fourth-order valence-electron chi connectivity index (χ4n) is 3.23. The topological polar surface area (TPSA) is 105 Å². The Morgan fingerprint density at radius 2 is 1.74 bits per heavy atom. The van der Waals surface area contributed by atoms with Crippen LogP contribution in [0, 0.1) is 0 Å². The highest BCUT2D eigenvalue weighted by molar-refractivity contribution is 6.10. The van der Waals surface area contributed by atoms with E-state index in [0.29, 0.717) is 23.4 Å². The first kappa shape index (κ1) is 22.0. The monoisotopic (exact) mass is 423 g/mol. The van der Waals surface area contributed by atoms with Crippen molar-refractivity contribution in [1.29, 1.82) is 0 Å². The SMILES string of the molecule is CCCCOC(=O)c1ccc(NC(=O)CN2C(=O)NC(C)(c3ccccc3)C2=O)cc1. The summed E-state index contributed by atoms with van der Waals surface area (Å²) in [7, 11) is 0. The molecule has 1 heterocycles. The minimum Gasteiger partial charge on any atom is -0.462 e. The number of rotatable bonds is 8. The number of ether oxygens (including phenoxy) is 1. The van der Waals surface area contributed by atoms with Gasteiger partial charge in [-0.15, -0.1) is 0 Å².